The zero-order chi connectivity index (χ0) is 27.1. The lowest BCUT2D eigenvalue weighted by atomic mass is 10.1. The second kappa shape index (κ2) is 9.68. The molecule has 0 aliphatic heterocycles. The highest BCUT2D eigenvalue weighted by atomic mass is 16.3. The number of carbonyl (C=O) groups is 1. The SMILES string of the molecule is NCc1ccc(C(=O)Nc2cccc(Nc3nc(-c4cccc5c4oc4ccccc45)cc4ccnn34)c2)cc1. The molecule has 8 nitrogen and oxygen atoms in total. The number of nitrogens with two attached hydrogens (primary N) is 1. The van der Waals surface area contributed by atoms with Crippen LogP contribution >= 0.6 is 0 Å². The summed E-state index contributed by atoms with van der Waals surface area (Å²) in [5.74, 6) is 0.334. The molecule has 0 saturated heterocycles. The average molecular weight is 525 g/mol. The van der Waals surface area contributed by atoms with Crippen LogP contribution in [-0.2, 0) is 6.54 Å². The van der Waals surface area contributed by atoms with E-state index in [0.29, 0.717) is 23.7 Å². The molecule has 194 valence electrons. The van der Waals surface area contributed by atoms with Crippen molar-refractivity contribution in [1.29, 1.82) is 0 Å². The first-order valence-corrected chi connectivity index (χ1v) is 12.9. The van der Waals surface area contributed by atoms with Gasteiger partial charge in [0.2, 0.25) is 5.95 Å². The number of amides is 1. The highest BCUT2D eigenvalue weighted by Gasteiger charge is 2.16. The number of nitrogens with one attached hydrogen (secondary N) is 2. The molecule has 8 heteroatoms. The summed E-state index contributed by atoms with van der Waals surface area (Å²) in [4.78, 5) is 17.7. The third kappa shape index (κ3) is 4.22. The highest BCUT2D eigenvalue weighted by molar-refractivity contribution is 6.09. The van der Waals surface area contributed by atoms with Crippen LogP contribution in [0.2, 0.25) is 0 Å². The van der Waals surface area contributed by atoms with Crippen molar-refractivity contribution in [2.75, 3.05) is 10.6 Å². The van der Waals surface area contributed by atoms with E-state index in [-0.39, 0.29) is 5.91 Å². The van der Waals surface area contributed by atoms with Gasteiger partial charge < -0.3 is 20.8 Å². The number of benzene rings is 4. The molecule has 4 aromatic carbocycles. The molecule has 1 amide bonds. The summed E-state index contributed by atoms with van der Waals surface area (Å²) in [5.41, 5.74) is 12.7. The molecule has 4 N–H and O–H groups in total. The van der Waals surface area contributed by atoms with Gasteiger partial charge in [-0.1, -0.05) is 48.5 Å². The minimum absolute atomic E-state index is 0.200. The van der Waals surface area contributed by atoms with Gasteiger partial charge in [-0.2, -0.15) is 5.10 Å². The van der Waals surface area contributed by atoms with Crippen LogP contribution in [0.1, 0.15) is 15.9 Å². The van der Waals surface area contributed by atoms with Gasteiger partial charge in [0.25, 0.3) is 5.91 Å². The van der Waals surface area contributed by atoms with Gasteiger partial charge in [0.05, 0.1) is 17.4 Å². The van der Waals surface area contributed by atoms with E-state index in [9.17, 15) is 4.79 Å². The van der Waals surface area contributed by atoms with Gasteiger partial charge in [0.15, 0.2) is 0 Å². The quantitative estimate of drug-likeness (QED) is 0.222. The van der Waals surface area contributed by atoms with E-state index in [1.165, 1.54) is 0 Å². The molecule has 40 heavy (non-hydrogen) atoms. The highest BCUT2D eigenvalue weighted by Crippen LogP contribution is 2.36. The van der Waals surface area contributed by atoms with Gasteiger partial charge in [0.1, 0.15) is 11.2 Å². The smallest absolute Gasteiger partial charge is 0.255 e. The fraction of sp³-hybridized carbons (Fsp3) is 0.0312. The molecule has 7 aromatic rings. The predicted molar refractivity (Wildman–Crippen MR) is 158 cm³/mol. The molecule has 0 aliphatic carbocycles. The summed E-state index contributed by atoms with van der Waals surface area (Å²) in [6, 6.07) is 32.8. The first-order chi connectivity index (χ1) is 19.7. The Morgan fingerprint density at radius 3 is 2.52 bits per heavy atom. The number of hydrogen-bond acceptors (Lipinski definition) is 6. The van der Waals surface area contributed by atoms with Gasteiger partial charge in [-0.05, 0) is 60.2 Å². The van der Waals surface area contributed by atoms with Crippen molar-refractivity contribution in [1.82, 2.24) is 14.6 Å². The molecule has 0 radical (unpaired) electrons. The first-order valence-electron chi connectivity index (χ1n) is 12.9. The topological polar surface area (TPSA) is 110 Å². The molecule has 0 aliphatic rings. The molecule has 7 rings (SSSR count). The molecule has 0 fully saturated rings. The molecule has 3 heterocycles. The number of aromatic nitrogens is 3. The standard InChI is InChI=1S/C32H24N6O2/c33-19-20-11-13-21(14-12-20)31(39)35-22-5-3-6-23(17-22)36-32-37-28(18-24-15-16-34-38(24)32)27-9-4-8-26-25-7-1-2-10-29(25)40-30(26)27/h1-18H,19,33H2,(H,35,39)(H,36,37). The lowest BCUT2D eigenvalue weighted by Gasteiger charge is -2.12. The molecule has 0 saturated carbocycles. The Morgan fingerprint density at radius 2 is 1.65 bits per heavy atom. The van der Waals surface area contributed by atoms with Gasteiger partial charge in [-0.25, -0.2) is 9.50 Å². The van der Waals surface area contributed by atoms with Gasteiger partial charge in [0, 0.05) is 39.8 Å². The number of anilines is 3. The first kappa shape index (κ1) is 23.6. The molecule has 0 unspecified atom stereocenters. The van der Waals surface area contributed by atoms with Crippen molar-refractivity contribution in [2.45, 2.75) is 6.54 Å². The van der Waals surface area contributed by atoms with Gasteiger partial charge in [-0.3, -0.25) is 4.79 Å². The van der Waals surface area contributed by atoms with E-state index < -0.39 is 0 Å². The summed E-state index contributed by atoms with van der Waals surface area (Å²) in [7, 11) is 0. The Morgan fingerprint density at radius 1 is 0.850 bits per heavy atom. The Balaban J connectivity index is 1.23. The van der Waals surface area contributed by atoms with E-state index in [0.717, 1.165) is 50.0 Å². The van der Waals surface area contributed by atoms with E-state index in [1.807, 2.05) is 78.9 Å². The lowest BCUT2D eigenvalue weighted by molar-refractivity contribution is 0.102. The predicted octanol–water partition coefficient (Wildman–Crippen LogP) is 6.75. The number of furan rings is 1. The minimum Gasteiger partial charge on any atom is -0.455 e. The fourth-order valence-electron chi connectivity index (χ4n) is 4.90. The van der Waals surface area contributed by atoms with E-state index in [4.69, 9.17) is 15.1 Å². The molecule has 0 spiro atoms. The summed E-state index contributed by atoms with van der Waals surface area (Å²) < 4.78 is 8.01. The average Bonchev–Trinajstić information content (AvgIpc) is 3.62. The van der Waals surface area contributed by atoms with E-state index in [2.05, 4.69) is 27.9 Å². The van der Waals surface area contributed by atoms with E-state index in [1.54, 1.807) is 22.8 Å². The van der Waals surface area contributed by atoms with Gasteiger partial charge in [-0.15, -0.1) is 0 Å². The van der Waals surface area contributed by atoms with E-state index >= 15 is 0 Å². The number of nitrogens with zero attached hydrogens (tertiary/aromatic N) is 3. The van der Waals surface area contributed by atoms with Crippen LogP contribution < -0.4 is 16.4 Å². The maximum absolute atomic E-state index is 12.8. The molecular formula is C32H24N6O2. The van der Waals surface area contributed by atoms with Crippen molar-refractivity contribution in [3.63, 3.8) is 0 Å². The number of para-hydroxylation sites is 2. The third-order valence-electron chi connectivity index (χ3n) is 6.89. The molecule has 0 bridgehead atoms. The van der Waals surface area contributed by atoms with Crippen LogP contribution in [0.4, 0.5) is 17.3 Å². The van der Waals surface area contributed by atoms with Crippen LogP contribution in [0.5, 0.6) is 0 Å². The zero-order valence-electron chi connectivity index (χ0n) is 21.3. The van der Waals surface area contributed by atoms with Crippen LogP contribution in [0.15, 0.2) is 114 Å². The monoisotopic (exact) mass is 524 g/mol. The van der Waals surface area contributed by atoms with Crippen molar-refractivity contribution >= 4 is 50.7 Å². The van der Waals surface area contributed by atoms with Crippen LogP contribution in [0.3, 0.4) is 0 Å². The number of fused-ring (bicyclic) bond motifs is 4. The number of rotatable bonds is 6. The minimum atomic E-state index is -0.200. The second-order valence-corrected chi connectivity index (χ2v) is 9.47. The Hall–Kier alpha value is -5.47. The second-order valence-electron chi connectivity index (χ2n) is 9.47. The van der Waals surface area contributed by atoms with Crippen LogP contribution in [0.25, 0.3) is 38.7 Å². The van der Waals surface area contributed by atoms with Crippen LogP contribution in [0, 0.1) is 0 Å². The maximum atomic E-state index is 12.8. The number of hydrogen-bond donors (Lipinski definition) is 3. The summed E-state index contributed by atoms with van der Waals surface area (Å²) in [5, 5.41) is 12.9. The van der Waals surface area contributed by atoms with Crippen molar-refractivity contribution < 1.29 is 9.21 Å². The Bertz CT molecular complexity index is 2020. The normalized spacial score (nSPS) is 11.3. The number of carbonyl (C=O) groups excluding carboxylic acids is 1. The van der Waals surface area contributed by atoms with Crippen molar-refractivity contribution in [3.8, 4) is 11.3 Å². The molecule has 3 aromatic heterocycles. The van der Waals surface area contributed by atoms with Crippen LogP contribution in [-0.4, -0.2) is 20.5 Å². The largest absolute Gasteiger partial charge is 0.455 e. The van der Waals surface area contributed by atoms with Gasteiger partial charge >= 0.3 is 0 Å². The molecular weight excluding hydrogens is 500 g/mol. The lowest BCUT2D eigenvalue weighted by Crippen LogP contribution is -2.12. The zero-order valence-corrected chi connectivity index (χ0v) is 21.3. The Labute approximate surface area is 229 Å². The fourth-order valence-corrected chi connectivity index (χ4v) is 4.90. The Kier molecular flexibility index (Phi) is 5.72. The van der Waals surface area contributed by atoms with Crippen molar-refractivity contribution in [3.05, 3.63) is 120 Å². The molecule has 0 atom stereocenters. The summed E-state index contributed by atoms with van der Waals surface area (Å²) >= 11 is 0. The third-order valence-corrected chi connectivity index (χ3v) is 6.89. The summed E-state index contributed by atoms with van der Waals surface area (Å²) in [6.45, 7) is 0.432. The van der Waals surface area contributed by atoms with Crippen molar-refractivity contribution in [2.24, 2.45) is 5.73 Å². The summed E-state index contributed by atoms with van der Waals surface area (Å²) in [6.07, 6.45) is 1.74. The maximum Gasteiger partial charge on any atom is 0.255 e.